The number of anilines is 1. The largest absolute Gasteiger partial charge is 0.481 e. The number of carbonyl (C=O) groups is 9. The fraction of sp³-hybridized carbons (Fsp3) is 0.667. The van der Waals surface area contributed by atoms with Gasteiger partial charge in [-0.05, 0) is 30.9 Å². The first-order chi connectivity index (χ1) is 31.7. The van der Waals surface area contributed by atoms with Gasteiger partial charge in [0.15, 0.2) is 0 Å². The van der Waals surface area contributed by atoms with Crippen molar-refractivity contribution in [1.82, 2.24) is 26.6 Å². The third-order valence-corrected chi connectivity index (χ3v) is 8.19. The zero-order valence-electron chi connectivity index (χ0n) is 41.2. The molecule has 0 spiro atoms. The Bertz CT molecular complexity index is 1590. The van der Waals surface area contributed by atoms with Crippen LogP contribution in [0.3, 0.4) is 0 Å². The number of rotatable bonds is 31. The van der Waals surface area contributed by atoms with Crippen LogP contribution in [0.5, 0.6) is 0 Å². The number of carboxylic acids is 1. The van der Waals surface area contributed by atoms with E-state index in [2.05, 4.69) is 38.8 Å². The van der Waals surface area contributed by atoms with Gasteiger partial charge in [0.2, 0.25) is 24.1 Å². The maximum atomic E-state index is 12.5. The Morgan fingerprint density at radius 3 is 1.72 bits per heavy atom. The molecule has 0 aliphatic rings. The Labute approximate surface area is 395 Å². The number of carbonyl (C=O) groups excluding carboxylic acids is 8. The van der Waals surface area contributed by atoms with Crippen LogP contribution in [0.4, 0.5) is 10.5 Å². The summed E-state index contributed by atoms with van der Waals surface area (Å²) >= 11 is 0. The zero-order chi connectivity index (χ0) is 51.6. The number of primary amides is 1. The van der Waals surface area contributed by atoms with E-state index in [1.165, 1.54) is 13.1 Å². The van der Waals surface area contributed by atoms with Crippen LogP contribution in [-0.2, 0) is 63.9 Å². The molecule has 1 atom stereocenters. The number of nitrogens with two attached hydrogens (primary N) is 1. The lowest BCUT2D eigenvalue weighted by Gasteiger charge is -2.21. The number of urea groups is 1. The topological polar surface area (TPSA) is 318 Å². The van der Waals surface area contributed by atoms with Crippen LogP contribution in [-0.4, -0.2) is 144 Å². The first-order valence-electron chi connectivity index (χ1n) is 22.4. The minimum Gasteiger partial charge on any atom is -0.481 e. The van der Waals surface area contributed by atoms with Crippen molar-refractivity contribution in [3.63, 3.8) is 0 Å². The number of hydrogen-bond acceptors (Lipinski definition) is 14. The molecule has 1 rings (SSSR count). The van der Waals surface area contributed by atoms with Gasteiger partial charge < -0.3 is 66.4 Å². The van der Waals surface area contributed by atoms with E-state index in [-0.39, 0.29) is 55.2 Å². The van der Waals surface area contributed by atoms with Gasteiger partial charge in [0.25, 0.3) is 5.91 Å². The number of ether oxygens (including phenoxy) is 5. The van der Waals surface area contributed by atoms with Gasteiger partial charge in [0, 0.05) is 55.8 Å². The molecular formula is C45H79N7O15. The Hall–Kier alpha value is -5.71. The smallest absolute Gasteiger partial charge is 0.312 e. The van der Waals surface area contributed by atoms with Crippen molar-refractivity contribution in [1.29, 1.82) is 0 Å². The number of aliphatic carboxylic acids is 1. The van der Waals surface area contributed by atoms with Gasteiger partial charge in [-0.15, -0.1) is 0 Å². The van der Waals surface area contributed by atoms with E-state index in [4.69, 9.17) is 34.5 Å². The van der Waals surface area contributed by atoms with Gasteiger partial charge in [-0.1, -0.05) is 68.4 Å². The normalized spacial score (nSPS) is 10.6. The molecule has 0 bridgehead atoms. The predicted molar refractivity (Wildman–Crippen MR) is 251 cm³/mol. The molecule has 7 amide bonds. The highest BCUT2D eigenvalue weighted by molar-refractivity contribution is 5.99. The second-order valence-corrected chi connectivity index (χ2v) is 15.1. The van der Waals surface area contributed by atoms with E-state index in [1.54, 1.807) is 46.8 Å². The van der Waals surface area contributed by atoms with Gasteiger partial charge in [-0.25, -0.2) is 4.79 Å². The highest BCUT2D eigenvalue weighted by Gasteiger charge is 2.24. The molecule has 0 heterocycles. The molecule has 0 fully saturated rings. The van der Waals surface area contributed by atoms with Crippen LogP contribution in [0.1, 0.15) is 104 Å². The summed E-state index contributed by atoms with van der Waals surface area (Å²) in [6.07, 6.45) is 3.04. The Morgan fingerprint density at radius 2 is 1.28 bits per heavy atom. The standard InChI is InChI=1S/C23H33N5O7.C15H30O5.C4H10N2O.C3H6O2/c1-13(2)20(28-18(30)9-25-12-29)22(33)26-10-19(31)27-16-7-6-15(11-35-23(34)14(3)4)17(8-16)21(32)24-5;1-4-6-17-8-10-19-12-13-20-11-9-18-7-5-15(16)14(2)3;1-2-3-6-4(5)7;1-2-3(4)5/h6-8,12-14,20H,9-11H2,1-5H3,(H,24,32)(H,25,29)(H,26,33)(H,27,31)(H,28,30);14H,4-13H2,1-3H3;2-3H2,1H3,(H3,5,6,7);2H2,1H3,(H,4,5). The maximum Gasteiger partial charge on any atom is 0.312 e. The number of benzene rings is 1. The minimum absolute atomic E-state index is 0.0910. The van der Waals surface area contributed by atoms with Crippen LogP contribution < -0.4 is 37.6 Å². The molecule has 0 saturated heterocycles. The molecule has 0 aliphatic carbocycles. The number of ketones is 1. The van der Waals surface area contributed by atoms with Crippen molar-refractivity contribution in [2.24, 2.45) is 23.5 Å². The highest BCUT2D eigenvalue weighted by Crippen LogP contribution is 2.18. The number of esters is 1. The van der Waals surface area contributed by atoms with Crippen molar-refractivity contribution in [3.8, 4) is 0 Å². The van der Waals surface area contributed by atoms with Crippen LogP contribution >= 0.6 is 0 Å². The fourth-order valence-electron chi connectivity index (χ4n) is 4.43. The van der Waals surface area contributed by atoms with Crippen molar-refractivity contribution in [2.45, 2.75) is 101 Å². The monoisotopic (exact) mass is 958 g/mol. The summed E-state index contributed by atoms with van der Waals surface area (Å²) in [7, 11) is 1.45. The molecule has 9 N–H and O–H groups in total. The minimum atomic E-state index is -0.906. The number of hydrogen-bond donors (Lipinski definition) is 8. The summed E-state index contributed by atoms with van der Waals surface area (Å²) in [5.74, 6) is -3.50. The summed E-state index contributed by atoms with van der Waals surface area (Å²) in [5, 5.41) is 22.4. The summed E-state index contributed by atoms with van der Waals surface area (Å²) in [4.78, 5) is 102. The Morgan fingerprint density at radius 1 is 0.731 bits per heavy atom. The highest BCUT2D eigenvalue weighted by atomic mass is 16.6. The molecule has 1 aromatic rings. The summed E-state index contributed by atoms with van der Waals surface area (Å²) < 4.78 is 26.5. The Balaban J connectivity index is -0.00000106. The van der Waals surface area contributed by atoms with E-state index in [0.717, 1.165) is 19.4 Å². The quantitative estimate of drug-likeness (QED) is 0.0301. The molecule has 22 nitrogen and oxygen atoms in total. The lowest BCUT2D eigenvalue weighted by atomic mass is 10.0. The number of Topliss-reactive ketones (excluding diaryl/α,β-unsaturated/α-hetero) is 1. The molecule has 1 unspecified atom stereocenters. The van der Waals surface area contributed by atoms with E-state index in [0.29, 0.717) is 76.9 Å². The third-order valence-electron chi connectivity index (χ3n) is 8.19. The fourth-order valence-corrected chi connectivity index (χ4v) is 4.43. The zero-order valence-corrected chi connectivity index (χ0v) is 41.2. The number of amides is 7. The predicted octanol–water partition coefficient (Wildman–Crippen LogP) is 2.31. The van der Waals surface area contributed by atoms with Gasteiger partial charge in [-0.2, -0.15) is 0 Å². The van der Waals surface area contributed by atoms with Crippen molar-refractivity contribution in [2.75, 3.05) is 84.9 Å². The molecule has 0 saturated carbocycles. The van der Waals surface area contributed by atoms with E-state index in [9.17, 15) is 43.2 Å². The van der Waals surface area contributed by atoms with Crippen LogP contribution in [0, 0.1) is 17.8 Å². The van der Waals surface area contributed by atoms with Gasteiger partial charge in [0.1, 0.15) is 18.4 Å². The molecule has 22 heteroatoms. The molecular weight excluding hydrogens is 879 g/mol. The van der Waals surface area contributed by atoms with Crippen molar-refractivity contribution < 1.29 is 71.9 Å². The Kier molecular flexibility index (Phi) is 42.0. The van der Waals surface area contributed by atoms with Gasteiger partial charge >= 0.3 is 18.0 Å². The second-order valence-electron chi connectivity index (χ2n) is 15.1. The SMILES string of the molecule is CCC(=O)O.CCCNC(N)=O.CCCOCCOCCOCCOCCC(=O)C(C)C.CNC(=O)c1cc(NC(=O)CNC(=O)C(NC(=O)CNC=O)C(C)C)ccc1COC(=O)C(C)C. The van der Waals surface area contributed by atoms with Crippen molar-refractivity contribution >= 4 is 59.5 Å². The summed E-state index contributed by atoms with van der Waals surface area (Å²) in [6, 6.07) is 3.19. The van der Waals surface area contributed by atoms with Crippen LogP contribution in [0.2, 0.25) is 0 Å². The van der Waals surface area contributed by atoms with E-state index >= 15 is 0 Å². The first kappa shape index (κ1) is 65.6. The molecule has 1 aromatic carbocycles. The van der Waals surface area contributed by atoms with Gasteiger partial charge in [-0.3, -0.25) is 38.4 Å². The first-order valence-corrected chi connectivity index (χ1v) is 22.4. The van der Waals surface area contributed by atoms with Crippen LogP contribution in [0.15, 0.2) is 18.2 Å². The number of nitrogens with one attached hydrogen (secondary N) is 6. The lowest BCUT2D eigenvalue weighted by molar-refractivity contribution is -0.148. The van der Waals surface area contributed by atoms with E-state index in [1.807, 2.05) is 20.8 Å². The summed E-state index contributed by atoms with van der Waals surface area (Å²) in [5.41, 5.74) is 5.71. The van der Waals surface area contributed by atoms with Crippen LogP contribution in [0.25, 0.3) is 0 Å². The summed E-state index contributed by atoms with van der Waals surface area (Å²) in [6.45, 7) is 20.9. The van der Waals surface area contributed by atoms with Crippen molar-refractivity contribution in [3.05, 3.63) is 29.3 Å². The maximum absolute atomic E-state index is 12.5. The third kappa shape index (κ3) is 39.2. The lowest BCUT2D eigenvalue weighted by Crippen LogP contribution is -2.52. The number of carboxylic acid groups (broad SMARTS) is 1. The molecule has 0 aliphatic heterocycles. The molecule has 0 aromatic heterocycles. The molecule has 0 radical (unpaired) electrons. The average molecular weight is 958 g/mol. The van der Waals surface area contributed by atoms with Gasteiger partial charge in [0.05, 0.1) is 65.3 Å². The molecule has 67 heavy (non-hydrogen) atoms. The molecule has 384 valence electrons. The van der Waals surface area contributed by atoms with E-state index < -0.39 is 47.6 Å². The average Bonchev–Trinajstić information content (AvgIpc) is 3.29. The second kappa shape index (κ2) is 42.9.